The second-order valence-corrected chi connectivity index (χ2v) is 8.07. The molecule has 32 heavy (non-hydrogen) atoms. The minimum absolute atomic E-state index is 0.119. The highest BCUT2D eigenvalue weighted by Crippen LogP contribution is 2.22. The molecular weight excluding hydrogens is 408 g/mol. The monoisotopic (exact) mass is 436 g/mol. The highest BCUT2D eigenvalue weighted by atomic mass is 16.2. The van der Waals surface area contributed by atoms with E-state index >= 15 is 0 Å². The molecule has 9 heteroatoms. The molecule has 1 fully saturated rings. The first-order chi connectivity index (χ1) is 15.5. The number of anilines is 2. The van der Waals surface area contributed by atoms with Gasteiger partial charge in [0.1, 0.15) is 5.82 Å². The molecule has 2 aliphatic heterocycles. The van der Waals surface area contributed by atoms with Gasteiger partial charge in [0.15, 0.2) is 0 Å². The zero-order valence-electron chi connectivity index (χ0n) is 18.3. The normalized spacial score (nSPS) is 15.3. The Morgan fingerprint density at radius 3 is 2.41 bits per heavy atom. The zero-order valence-corrected chi connectivity index (χ0v) is 18.3. The largest absolute Gasteiger partial charge is 0.356 e. The minimum atomic E-state index is -0.290. The van der Waals surface area contributed by atoms with Crippen LogP contribution in [0.1, 0.15) is 52.1 Å². The van der Waals surface area contributed by atoms with Crippen LogP contribution in [0.15, 0.2) is 30.3 Å². The summed E-state index contributed by atoms with van der Waals surface area (Å²) >= 11 is 0. The summed E-state index contributed by atoms with van der Waals surface area (Å²) in [6.07, 6.45) is 3.04. The van der Waals surface area contributed by atoms with E-state index in [-0.39, 0.29) is 30.7 Å². The summed E-state index contributed by atoms with van der Waals surface area (Å²) in [5.74, 6) is 0.802. The smallest absolute Gasteiger partial charge is 0.261 e. The number of carbonyl (C=O) groups excluding carboxylic acids is 3. The summed E-state index contributed by atoms with van der Waals surface area (Å²) in [6.45, 7) is 5.16. The summed E-state index contributed by atoms with van der Waals surface area (Å²) < 4.78 is 0. The van der Waals surface area contributed by atoms with Gasteiger partial charge >= 0.3 is 0 Å². The van der Waals surface area contributed by atoms with Gasteiger partial charge in [-0.3, -0.25) is 19.3 Å². The molecular formula is C23H28N6O3. The average Bonchev–Trinajstić information content (AvgIpc) is 3.40. The lowest BCUT2D eigenvalue weighted by molar-refractivity contribution is -0.121. The Balaban J connectivity index is 1.17. The average molecular weight is 437 g/mol. The Hall–Kier alpha value is -3.49. The Morgan fingerprint density at radius 1 is 1.03 bits per heavy atom. The number of hydrogen-bond donors (Lipinski definition) is 2. The molecule has 0 aliphatic carbocycles. The predicted octanol–water partition coefficient (Wildman–Crippen LogP) is 1.99. The predicted molar refractivity (Wildman–Crippen MR) is 121 cm³/mol. The second kappa shape index (κ2) is 9.76. The molecule has 0 saturated carbocycles. The highest BCUT2D eigenvalue weighted by molar-refractivity contribution is 6.21. The highest BCUT2D eigenvalue weighted by Gasteiger charge is 2.34. The zero-order chi connectivity index (χ0) is 22.5. The first-order valence-electron chi connectivity index (χ1n) is 11.1. The van der Waals surface area contributed by atoms with E-state index in [2.05, 4.69) is 25.5 Å². The molecule has 9 nitrogen and oxygen atoms in total. The van der Waals surface area contributed by atoms with E-state index in [0.29, 0.717) is 36.6 Å². The summed E-state index contributed by atoms with van der Waals surface area (Å²) in [4.78, 5) is 49.3. The van der Waals surface area contributed by atoms with Gasteiger partial charge in [-0.25, -0.2) is 4.98 Å². The number of benzene rings is 1. The molecule has 0 atom stereocenters. The van der Waals surface area contributed by atoms with Crippen molar-refractivity contribution in [1.82, 2.24) is 20.2 Å². The molecule has 3 amide bonds. The number of nitrogens with one attached hydrogen (secondary N) is 2. The number of nitrogens with zero attached hydrogens (tertiary/aromatic N) is 4. The van der Waals surface area contributed by atoms with E-state index < -0.39 is 0 Å². The van der Waals surface area contributed by atoms with Gasteiger partial charge < -0.3 is 15.5 Å². The van der Waals surface area contributed by atoms with Crippen molar-refractivity contribution in [3.63, 3.8) is 0 Å². The van der Waals surface area contributed by atoms with Crippen molar-refractivity contribution in [3.05, 3.63) is 47.2 Å². The third kappa shape index (κ3) is 4.87. The van der Waals surface area contributed by atoms with Gasteiger partial charge in [0, 0.05) is 50.9 Å². The summed E-state index contributed by atoms with van der Waals surface area (Å²) in [5.41, 5.74) is 1.76. The standard InChI is InChI=1S/C23H28N6O3/c1-16-15-19(28-12-4-5-13-28)27-23(26-16)25-11-10-24-20(30)9-6-14-29-21(31)17-7-2-3-8-18(17)22(29)32/h2-3,7-8,15H,4-6,9-14H2,1H3,(H,24,30)(H,25,26,27). The van der Waals surface area contributed by atoms with Crippen LogP contribution < -0.4 is 15.5 Å². The van der Waals surface area contributed by atoms with Crippen LogP contribution in [0.3, 0.4) is 0 Å². The lowest BCUT2D eigenvalue weighted by Gasteiger charge is -2.17. The third-order valence-electron chi connectivity index (χ3n) is 5.66. The van der Waals surface area contributed by atoms with E-state index in [0.717, 1.165) is 24.6 Å². The molecule has 1 aromatic heterocycles. The second-order valence-electron chi connectivity index (χ2n) is 8.07. The van der Waals surface area contributed by atoms with E-state index in [1.54, 1.807) is 24.3 Å². The number of rotatable bonds is 9. The first kappa shape index (κ1) is 21.7. The molecule has 0 bridgehead atoms. The number of aromatic nitrogens is 2. The van der Waals surface area contributed by atoms with Gasteiger partial charge in [-0.2, -0.15) is 4.98 Å². The molecule has 4 rings (SSSR count). The van der Waals surface area contributed by atoms with Gasteiger partial charge in [-0.1, -0.05) is 12.1 Å². The van der Waals surface area contributed by atoms with Crippen molar-refractivity contribution in [1.29, 1.82) is 0 Å². The molecule has 1 aromatic carbocycles. The molecule has 0 unspecified atom stereocenters. The van der Waals surface area contributed by atoms with Gasteiger partial charge in [0.25, 0.3) is 11.8 Å². The number of carbonyl (C=O) groups is 3. The minimum Gasteiger partial charge on any atom is -0.356 e. The number of aryl methyl sites for hydroxylation is 1. The van der Waals surface area contributed by atoms with Gasteiger partial charge in [-0.05, 0) is 38.3 Å². The topological polar surface area (TPSA) is 108 Å². The molecule has 2 N–H and O–H groups in total. The molecule has 3 heterocycles. The summed E-state index contributed by atoms with van der Waals surface area (Å²) in [6, 6.07) is 8.78. The van der Waals surface area contributed by atoms with E-state index in [1.165, 1.54) is 17.7 Å². The molecule has 0 radical (unpaired) electrons. The molecule has 2 aromatic rings. The Morgan fingerprint density at radius 2 is 1.72 bits per heavy atom. The fourth-order valence-electron chi connectivity index (χ4n) is 4.04. The maximum atomic E-state index is 12.3. The van der Waals surface area contributed by atoms with Gasteiger partial charge in [0.2, 0.25) is 11.9 Å². The quantitative estimate of drug-likeness (QED) is 0.457. The maximum absolute atomic E-state index is 12.3. The Kier molecular flexibility index (Phi) is 6.63. The SMILES string of the molecule is Cc1cc(N2CCCC2)nc(NCCNC(=O)CCCN2C(=O)c3ccccc3C2=O)n1. The van der Waals surface area contributed by atoms with Crippen LogP contribution >= 0.6 is 0 Å². The maximum Gasteiger partial charge on any atom is 0.261 e. The lowest BCUT2D eigenvalue weighted by atomic mass is 10.1. The van der Waals surface area contributed by atoms with Crippen LogP contribution in [0.25, 0.3) is 0 Å². The van der Waals surface area contributed by atoms with Gasteiger partial charge in [-0.15, -0.1) is 0 Å². The fraction of sp³-hybridized carbons (Fsp3) is 0.435. The third-order valence-corrected chi connectivity index (χ3v) is 5.66. The van der Waals surface area contributed by atoms with Crippen LogP contribution in [-0.2, 0) is 4.79 Å². The van der Waals surface area contributed by atoms with Gasteiger partial charge in [0.05, 0.1) is 11.1 Å². The Labute approximate surface area is 187 Å². The van der Waals surface area contributed by atoms with E-state index in [9.17, 15) is 14.4 Å². The number of hydrogen-bond acceptors (Lipinski definition) is 7. The molecule has 1 saturated heterocycles. The lowest BCUT2D eigenvalue weighted by Crippen LogP contribution is -2.33. The fourth-order valence-corrected chi connectivity index (χ4v) is 4.04. The number of amides is 3. The number of imide groups is 1. The molecule has 168 valence electrons. The molecule has 2 aliphatic rings. The molecule has 0 spiro atoms. The van der Waals surface area contributed by atoms with Crippen molar-refractivity contribution in [3.8, 4) is 0 Å². The van der Waals surface area contributed by atoms with Crippen LogP contribution in [0.2, 0.25) is 0 Å². The summed E-state index contributed by atoms with van der Waals surface area (Å²) in [5, 5.41) is 6.01. The van der Waals surface area contributed by atoms with Crippen molar-refractivity contribution in [2.75, 3.05) is 42.9 Å². The van der Waals surface area contributed by atoms with Crippen LogP contribution in [-0.4, -0.2) is 65.3 Å². The van der Waals surface area contributed by atoms with E-state index in [4.69, 9.17) is 0 Å². The summed E-state index contributed by atoms with van der Waals surface area (Å²) in [7, 11) is 0. The van der Waals surface area contributed by atoms with E-state index in [1.807, 2.05) is 13.0 Å². The first-order valence-corrected chi connectivity index (χ1v) is 11.1. The van der Waals surface area contributed by atoms with Crippen LogP contribution in [0.5, 0.6) is 0 Å². The van der Waals surface area contributed by atoms with Crippen molar-refractivity contribution >= 4 is 29.5 Å². The number of fused-ring (bicyclic) bond motifs is 1. The van der Waals surface area contributed by atoms with Crippen LogP contribution in [0.4, 0.5) is 11.8 Å². The Bertz CT molecular complexity index is 984. The van der Waals surface area contributed by atoms with Crippen molar-refractivity contribution < 1.29 is 14.4 Å². The van der Waals surface area contributed by atoms with Crippen molar-refractivity contribution in [2.24, 2.45) is 0 Å². The van der Waals surface area contributed by atoms with Crippen LogP contribution in [0, 0.1) is 6.92 Å². The van der Waals surface area contributed by atoms with Crippen molar-refractivity contribution in [2.45, 2.75) is 32.6 Å².